The van der Waals surface area contributed by atoms with Crippen molar-refractivity contribution in [3.63, 3.8) is 0 Å². The first kappa shape index (κ1) is 23.4. The molecule has 1 N–H and O–H groups in total. The second kappa shape index (κ2) is 10.0. The van der Waals surface area contributed by atoms with Crippen LogP contribution in [0, 0.1) is 19.7 Å². The third-order valence-corrected chi connectivity index (χ3v) is 6.19. The Balaban J connectivity index is 1.51. The lowest BCUT2D eigenvalue weighted by atomic mass is 10.2. The van der Waals surface area contributed by atoms with Gasteiger partial charge in [-0.15, -0.1) is 0 Å². The van der Waals surface area contributed by atoms with Crippen LogP contribution < -0.4 is 5.32 Å². The summed E-state index contributed by atoms with van der Waals surface area (Å²) in [5.74, 6) is 0.345. The van der Waals surface area contributed by atoms with Crippen LogP contribution in [0.1, 0.15) is 27.2 Å². The van der Waals surface area contributed by atoms with Crippen LogP contribution in [-0.2, 0) is 11.3 Å². The van der Waals surface area contributed by atoms with Crippen molar-refractivity contribution < 1.29 is 18.4 Å². The van der Waals surface area contributed by atoms with E-state index < -0.39 is 0 Å². The standard InChI is InChI=1S/C25H23FN4O3S/c1-15-16(2)33-24-21(15)22(27-23(32)18-7-5-4-6-8-18)28-25(29-24)34-14-20(31)30(3)13-17-9-11-19(26)12-10-17/h4-12H,13-14H2,1-3H3,(H,27,28,29,32). The Hall–Kier alpha value is -3.72. The molecular weight excluding hydrogens is 455 g/mol. The van der Waals surface area contributed by atoms with E-state index in [2.05, 4.69) is 15.3 Å². The summed E-state index contributed by atoms with van der Waals surface area (Å²) in [6, 6.07) is 14.9. The van der Waals surface area contributed by atoms with Crippen molar-refractivity contribution in [1.82, 2.24) is 14.9 Å². The fourth-order valence-electron chi connectivity index (χ4n) is 3.34. The molecular formula is C25H23FN4O3S. The van der Waals surface area contributed by atoms with Gasteiger partial charge in [0.15, 0.2) is 5.16 Å². The molecule has 4 aromatic rings. The predicted molar refractivity (Wildman–Crippen MR) is 129 cm³/mol. The van der Waals surface area contributed by atoms with Gasteiger partial charge in [-0.3, -0.25) is 9.59 Å². The van der Waals surface area contributed by atoms with E-state index >= 15 is 0 Å². The number of furan rings is 1. The van der Waals surface area contributed by atoms with Gasteiger partial charge >= 0.3 is 0 Å². The third kappa shape index (κ3) is 5.26. The number of nitrogens with zero attached hydrogens (tertiary/aromatic N) is 3. The molecule has 0 aliphatic rings. The maximum absolute atomic E-state index is 13.1. The summed E-state index contributed by atoms with van der Waals surface area (Å²) in [5.41, 5.74) is 2.51. The number of nitrogens with one attached hydrogen (secondary N) is 1. The molecule has 7 nitrogen and oxygen atoms in total. The van der Waals surface area contributed by atoms with Crippen LogP contribution in [0.3, 0.4) is 0 Å². The normalized spacial score (nSPS) is 10.9. The van der Waals surface area contributed by atoms with Gasteiger partial charge in [-0.25, -0.2) is 9.37 Å². The van der Waals surface area contributed by atoms with Gasteiger partial charge in [0.25, 0.3) is 5.91 Å². The van der Waals surface area contributed by atoms with Gasteiger partial charge in [-0.05, 0) is 43.7 Å². The molecule has 2 heterocycles. The number of rotatable bonds is 7. The highest BCUT2D eigenvalue weighted by Gasteiger charge is 2.20. The molecule has 0 unspecified atom stereocenters. The topological polar surface area (TPSA) is 88.3 Å². The lowest BCUT2D eigenvalue weighted by Crippen LogP contribution is -2.27. The number of carbonyl (C=O) groups excluding carboxylic acids is 2. The maximum atomic E-state index is 13.1. The number of anilines is 1. The van der Waals surface area contributed by atoms with E-state index in [1.165, 1.54) is 12.1 Å². The average Bonchev–Trinajstić information content (AvgIpc) is 3.12. The maximum Gasteiger partial charge on any atom is 0.256 e. The van der Waals surface area contributed by atoms with Crippen molar-refractivity contribution in [3.05, 3.63) is 82.9 Å². The quantitative estimate of drug-likeness (QED) is 0.298. The molecule has 2 amide bonds. The summed E-state index contributed by atoms with van der Waals surface area (Å²) >= 11 is 1.15. The van der Waals surface area contributed by atoms with Gasteiger partial charge in [-0.2, -0.15) is 4.98 Å². The number of hydrogen-bond acceptors (Lipinski definition) is 6. The minimum absolute atomic E-state index is 0.0912. The van der Waals surface area contributed by atoms with E-state index in [0.717, 1.165) is 22.9 Å². The van der Waals surface area contributed by atoms with Crippen molar-refractivity contribution in [3.8, 4) is 0 Å². The Morgan fingerprint density at radius 1 is 1.06 bits per heavy atom. The van der Waals surface area contributed by atoms with E-state index in [-0.39, 0.29) is 23.4 Å². The smallest absolute Gasteiger partial charge is 0.256 e. The van der Waals surface area contributed by atoms with Gasteiger partial charge in [0.2, 0.25) is 11.6 Å². The van der Waals surface area contributed by atoms with E-state index in [1.807, 2.05) is 19.9 Å². The summed E-state index contributed by atoms with van der Waals surface area (Å²) in [6.45, 7) is 4.05. The zero-order valence-corrected chi connectivity index (χ0v) is 19.8. The Labute approximate surface area is 200 Å². The highest BCUT2D eigenvalue weighted by molar-refractivity contribution is 7.99. The molecule has 2 aromatic carbocycles. The van der Waals surface area contributed by atoms with Gasteiger partial charge < -0.3 is 14.6 Å². The van der Waals surface area contributed by atoms with Gasteiger partial charge in [0.1, 0.15) is 17.4 Å². The number of halogens is 1. The second-order valence-corrected chi connectivity index (χ2v) is 8.75. The lowest BCUT2D eigenvalue weighted by Gasteiger charge is -2.17. The Morgan fingerprint density at radius 2 is 1.76 bits per heavy atom. The Bertz CT molecular complexity index is 1340. The number of aryl methyl sites for hydroxylation is 2. The highest BCUT2D eigenvalue weighted by atomic mass is 32.2. The molecule has 4 rings (SSSR count). The van der Waals surface area contributed by atoms with Crippen molar-refractivity contribution in [2.75, 3.05) is 18.1 Å². The number of aromatic nitrogens is 2. The molecule has 0 saturated heterocycles. The molecule has 0 aliphatic carbocycles. The van der Waals surface area contributed by atoms with Crippen LogP contribution in [0.25, 0.3) is 11.1 Å². The fourth-order valence-corrected chi connectivity index (χ4v) is 4.12. The summed E-state index contributed by atoms with van der Waals surface area (Å²) in [5, 5.41) is 3.80. The number of thioether (sulfide) groups is 1. The van der Waals surface area contributed by atoms with E-state index in [0.29, 0.717) is 39.9 Å². The monoisotopic (exact) mass is 478 g/mol. The van der Waals surface area contributed by atoms with E-state index in [9.17, 15) is 14.0 Å². The predicted octanol–water partition coefficient (Wildman–Crippen LogP) is 4.98. The second-order valence-electron chi connectivity index (χ2n) is 7.80. The molecule has 0 bridgehead atoms. The number of amides is 2. The van der Waals surface area contributed by atoms with Crippen molar-refractivity contribution in [2.24, 2.45) is 0 Å². The third-order valence-electron chi connectivity index (χ3n) is 5.36. The lowest BCUT2D eigenvalue weighted by molar-refractivity contribution is -0.127. The molecule has 0 fully saturated rings. The van der Waals surface area contributed by atoms with Crippen LogP contribution >= 0.6 is 11.8 Å². The summed E-state index contributed by atoms with van der Waals surface area (Å²) in [4.78, 5) is 35.9. The molecule has 0 radical (unpaired) electrons. The average molecular weight is 479 g/mol. The highest BCUT2D eigenvalue weighted by Crippen LogP contribution is 2.31. The molecule has 9 heteroatoms. The van der Waals surface area contributed by atoms with E-state index in [4.69, 9.17) is 4.42 Å². The summed E-state index contributed by atoms with van der Waals surface area (Å²) in [7, 11) is 1.68. The fraction of sp³-hybridized carbons (Fsp3) is 0.200. The van der Waals surface area contributed by atoms with Crippen molar-refractivity contribution in [1.29, 1.82) is 0 Å². The first-order chi connectivity index (χ1) is 16.3. The van der Waals surface area contributed by atoms with Crippen LogP contribution in [0.5, 0.6) is 0 Å². The van der Waals surface area contributed by atoms with Gasteiger partial charge in [-0.1, -0.05) is 42.1 Å². The van der Waals surface area contributed by atoms with Gasteiger partial charge in [0, 0.05) is 24.7 Å². The van der Waals surface area contributed by atoms with Gasteiger partial charge in [0.05, 0.1) is 11.1 Å². The van der Waals surface area contributed by atoms with Crippen LogP contribution in [0.15, 0.2) is 64.2 Å². The van der Waals surface area contributed by atoms with Crippen LogP contribution in [0.4, 0.5) is 10.2 Å². The van der Waals surface area contributed by atoms with E-state index in [1.54, 1.807) is 48.3 Å². The van der Waals surface area contributed by atoms with Crippen molar-refractivity contribution in [2.45, 2.75) is 25.5 Å². The minimum Gasteiger partial charge on any atom is -0.443 e. The Kier molecular flexibility index (Phi) is 6.93. The number of fused-ring (bicyclic) bond motifs is 1. The molecule has 0 saturated carbocycles. The molecule has 2 aromatic heterocycles. The number of hydrogen-bond donors (Lipinski definition) is 1. The SMILES string of the molecule is Cc1oc2nc(SCC(=O)N(C)Cc3ccc(F)cc3)nc(NC(=O)c3ccccc3)c2c1C. The summed E-state index contributed by atoms with van der Waals surface area (Å²) < 4.78 is 18.9. The molecule has 0 aliphatic heterocycles. The molecule has 0 spiro atoms. The molecule has 174 valence electrons. The minimum atomic E-state index is -0.320. The van der Waals surface area contributed by atoms with Crippen molar-refractivity contribution >= 4 is 40.5 Å². The largest absolute Gasteiger partial charge is 0.443 e. The zero-order valence-electron chi connectivity index (χ0n) is 19.0. The van der Waals surface area contributed by atoms with Crippen LogP contribution in [-0.4, -0.2) is 39.5 Å². The zero-order chi connectivity index (χ0) is 24.2. The van der Waals surface area contributed by atoms with Crippen LogP contribution in [0.2, 0.25) is 0 Å². The molecule has 0 atom stereocenters. The first-order valence-electron chi connectivity index (χ1n) is 10.6. The Morgan fingerprint density at radius 3 is 2.47 bits per heavy atom. The molecule has 34 heavy (non-hydrogen) atoms. The number of benzene rings is 2. The summed E-state index contributed by atoms with van der Waals surface area (Å²) in [6.07, 6.45) is 0. The first-order valence-corrected chi connectivity index (χ1v) is 11.6. The number of carbonyl (C=O) groups is 2.